The highest BCUT2D eigenvalue weighted by Crippen LogP contribution is 2.27. The van der Waals surface area contributed by atoms with Gasteiger partial charge in [-0.3, -0.25) is 4.79 Å². The van der Waals surface area contributed by atoms with Crippen molar-refractivity contribution in [2.24, 2.45) is 0 Å². The zero-order valence-electron chi connectivity index (χ0n) is 14.0. The lowest BCUT2D eigenvalue weighted by Crippen LogP contribution is -2.10. The average Bonchev–Trinajstić information content (AvgIpc) is 3.07. The Hall–Kier alpha value is -2.95. The lowest BCUT2D eigenvalue weighted by Gasteiger charge is -2.06. The molecule has 0 saturated heterocycles. The molecule has 3 aromatic rings. The van der Waals surface area contributed by atoms with Gasteiger partial charge in [0.2, 0.25) is 5.91 Å². The molecule has 0 atom stereocenters. The van der Waals surface area contributed by atoms with E-state index in [1.54, 1.807) is 7.11 Å². The molecule has 0 unspecified atom stereocenters. The van der Waals surface area contributed by atoms with Crippen molar-refractivity contribution in [3.8, 4) is 28.5 Å². The highest BCUT2D eigenvalue weighted by molar-refractivity contribution is 5.81. The minimum absolute atomic E-state index is 0.169. The Bertz CT molecular complexity index is 884. The molecule has 122 valence electrons. The normalized spacial score (nSPS) is 10.6. The molecule has 5 nitrogen and oxygen atoms in total. The second kappa shape index (κ2) is 6.66. The highest BCUT2D eigenvalue weighted by Gasteiger charge is 2.18. The molecule has 24 heavy (non-hydrogen) atoms. The number of aryl methyl sites for hydroxylation is 1. The van der Waals surface area contributed by atoms with Crippen molar-refractivity contribution < 1.29 is 9.53 Å². The summed E-state index contributed by atoms with van der Waals surface area (Å²) in [5.41, 5.74) is 2.87. The summed E-state index contributed by atoms with van der Waals surface area (Å²) in [6, 6.07) is 15.4. The van der Waals surface area contributed by atoms with E-state index >= 15 is 0 Å². The van der Waals surface area contributed by atoms with Gasteiger partial charge in [-0.1, -0.05) is 43.3 Å². The smallest absolute Gasteiger partial charge is 0.245 e. The van der Waals surface area contributed by atoms with Crippen LogP contribution in [0.2, 0.25) is 0 Å². The maximum atomic E-state index is 12.0. The second-order valence-corrected chi connectivity index (χ2v) is 5.43. The number of hydrogen-bond acceptors (Lipinski definition) is 4. The summed E-state index contributed by atoms with van der Waals surface area (Å²) in [6.07, 6.45) is 0.857. The molecule has 0 bridgehead atoms. The number of carbonyl (C=O) groups excluding carboxylic acids is 1. The molecule has 0 spiro atoms. The van der Waals surface area contributed by atoms with Crippen LogP contribution in [-0.2, 0) is 6.42 Å². The second-order valence-electron chi connectivity index (χ2n) is 5.43. The summed E-state index contributed by atoms with van der Waals surface area (Å²) in [7, 11) is 1.61. The van der Waals surface area contributed by atoms with Gasteiger partial charge in [0.1, 0.15) is 5.75 Å². The fraction of sp³-hybridized carbons (Fsp3) is 0.211. The number of aromatic nitrogens is 3. The molecule has 0 fully saturated rings. The zero-order chi connectivity index (χ0) is 17.1. The molecule has 0 amide bonds. The van der Waals surface area contributed by atoms with Crippen molar-refractivity contribution in [3.63, 3.8) is 0 Å². The van der Waals surface area contributed by atoms with Gasteiger partial charge in [0.05, 0.1) is 7.11 Å². The summed E-state index contributed by atoms with van der Waals surface area (Å²) in [5, 5.41) is 4.41. The summed E-state index contributed by atoms with van der Waals surface area (Å²) in [5.74, 6) is 1.63. The van der Waals surface area contributed by atoms with Gasteiger partial charge in [-0.05, 0) is 24.1 Å². The summed E-state index contributed by atoms with van der Waals surface area (Å²) >= 11 is 0. The van der Waals surface area contributed by atoms with Gasteiger partial charge in [0.15, 0.2) is 11.6 Å². The molecule has 5 heteroatoms. The Balaban J connectivity index is 2.17. The van der Waals surface area contributed by atoms with Crippen LogP contribution < -0.4 is 4.74 Å². The summed E-state index contributed by atoms with van der Waals surface area (Å²) in [4.78, 5) is 16.7. The van der Waals surface area contributed by atoms with Crippen molar-refractivity contribution in [3.05, 3.63) is 54.1 Å². The topological polar surface area (TPSA) is 57.0 Å². The van der Waals surface area contributed by atoms with E-state index in [2.05, 4.69) is 17.0 Å². The predicted molar refractivity (Wildman–Crippen MR) is 93.1 cm³/mol. The lowest BCUT2D eigenvalue weighted by molar-refractivity contribution is 0.0923. The molecule has 2 aromatic carbocycles. The molecule has 0 radical (unpaired) electrons. The fourth-order valence-electron chi connectivity index (χ4n) is 2.64. The fourth-order valence-corrected chi connectivity index (χ4v) is 2.64. The van der Waals surface area contributed by atoms with Crippen molar-refractivity contribution >= 4 is 5.91 Å². The molecule has 0 saturated carbocycles. The Morgan fingerprint density at radius 2 is 1.96 bits per heavy atom. The van der Waals surface area contributed by atoms with Crippen molar-refractivity contribution in [1.29, 1.82) is 0 Å². The first kappa shape index (κ1) is 15.9. The van der Waals surface area contributed by atoms with Crippen LogP contribution in [0.15, 0.2) is 48.5 Å². The van der Waals surface area contributed by atoms with Crippen molar-refractivity contribution in [2.75, 3.05) is 7.11 Å². The number of ether oxygens (including phenoxy) is 1. The Morgan fingerprint density at radius 1 is 1.17 bits per heavy atom. The van der Waals surface area contributed by atoms with Crippen LogP contribution in [0.3, 0.4) is 0 Å². The van der Waals surface area contributed by atoms with Gasteiger partial charge < -0.3 is 4.74 Å². The van der Waals surface area contributed by atoms with E-state index in [-0.39, 0.29) is 5.91 Å². The lowest BCUT2D eigenvalue weighted by atomic mass is 10.0. The number of nitrogens with zero attached hydrogens (tertiary/aromatic N) is 3. The first-order valence-electron chi connectivity index (χ1n) is 7.84. The average molecular weight is 321 g/mol. The van der Waals surface area contributed by atoms with Crippen LogP contribution in [0.5, 0.6) is 5.75 Å². The van der Waals surface area contributed by atoms with Crippen LogP contribution in [0.1, 0.15) is 24.2 Å². The Kier molecular flexibility index (Phi) is 4.42. The number of methoxy groups -OCH3 is 1. The Morgan fingerprint density at radius 3 is 2.67 bits per heavy atom. The standard InChI is InChI=1S/C19H19N3O2/c1-4-14-8-5-6-11-17(14)19-20-18(21-22(19)13(2)23)15-9-7-10-16(12-15)24-3/h5-12H,4H2,1-3H3. The van der Waals surface area contributed by atoms with Gasteiger partial charge in [0, 0.05) is 18.1 Å². The van der Waals surface area contributed by atoms with Crippen LogP contribution in [-0.4, -0.2) is 27.8 Å². The molecule has 0 aliphatic rings. The molecule has 1 aromatic heterocycles. The summed E-state index contributed by atoms with van der Waals surface area (Å²) in [6.45, 7) is 3.57. The van der Waals surface area contributed by atoms with E-state index in [0.717, 1.165) is 28.9 Å². The van der Waals surface area contributed by atoms with Gasteiger partial charge in [-0.25, -0.2) is 4.98 Å². The SMILES string of the molecule is CCc1ccccc1-c1nc(-c2cccc(OC)c2)nn1C(C)=O. The van der Waals surface area contributed by atoms with Crippen LogP contribution >= 0.6 is 0 Å². The van der Waals surface area contributed by atoms with Gasteiger partial charge in [-0.15, -0.1) is 5.10 Å². The third-order valence-electron chi connectivity index (χ3n) is 3.87. The molecule has 1 heterocycles. The third kappa shape index (κ3) is 2.93. The predicted octanol–water partition coefficient (Wildman–Crippen LogP) is 3.84. The quantitative estimate of drug-likeness (QED) is 0.732. The number of benzene rings is 2. The van der Waals surface area contributed by atoms with Crippen LogP contribution in [0, 0.1) is 0 Å². The Labute approximate surface area is 140 Å². The molecule has 0 N–H and O–H groups in total. The number of hydrogen-bond donors (Lipinski definition) is 0. The summed E-state index contributed by atoms with van der Waals surface area (Å²) < 4.78 is 6.62. The monoisotopic (exact) mass is 321 g/mol. The maximum Gasteiger partial charge on any atom is 0.245 e. The van der Waals surface area contributed by atoms with E-state index in [0.29, 0.717) is 11.6 Å². The van der Waals surface area contributed by atoms with Gasteiger partial charge >= 0.3 is 0 Å². The minimum atomic E-state index is -0.169. The van der Waals surface area contributed by atoms with E-state index in [1.165, 1.54) is 11.6 Å². The van der Waals surface area contributed by atoms with E-state index in [1.807, 2.05) is 48.5 Å². The van der Waals surface area contributed by atoms with E-state index in [4.69, 9.17) is 4.74 Å². The van der Waals surface area contributed by atoms with Crippen LogP contribution in [0.25, 0.3) is 22.8 Å². The zero-order valence-corrected chi connectivity index (χ0v) is 14.0. The molecular weight excluding hydrogens is 302 g/mol. The highest BCUT2D eigenvalue weighted by atomic mass is 16.5. The number of carbonyl (C=O) groups is 1. The van der Waals surface area contributed by atoms with Crippen molar-refractivity contribution in [2.45, 2.75) is 20.3 Å². The third-order valence-corrected chi connectivity index (χ3v) is 3.87. The van der Waals surface area contributed by atoms with E-state index < -0.39 is 0 Å². The minimum Gasteiger partial charge on any atom is -0.497 e. The van der Waals surface area contributed by atoms with Crippen LogP contribution in [0.4, 0.5) is 0 Å². The van der Waals surface area contributed by atoms with Crippen molar-refractivity contribution in [1.82, 2.24) is 14.8 Å². The maximum absolute atomic E-state index is 12.0. The molecule has 0 aliphatic carbocycles. The largest absolute Gasteiger partial charge is 0.497 e. The van der Waals surface area contributed by atoms with Gasteiger partial charge in [0.25, 0.3) is 0 Å². The first-order valence-corrected chi connectivity index (χ1v) is 7.84. The van der Waals surface area contributed by atoms with E-state index in [9.17, 15) is 4.79 Å². The molecular formula is C19H19N3O2. The first-order chi connectivity index (χ1) is 11.6. The molecule has 3 rings (SSSR count). The number of rotatable bonds is 4. The van der Waals surface area contributed by atoms with Gasteiger partial charge in [-0.2, -0.15) is 4.68 Å². The molecule has 0 aliphatic heterocycles.